The standard InChI is InChI=1S/4C8H20N.4C6H6Se.8C4H8S2.4CO.4W/c4*1-5-9(6-2,7-3)8-4;4*7-6-4-2-1-3-5-6;8*1-3(5)4(2)6;4*1-2;;;;/h4*5-8H2,1-4H3;4*1-5,7H;8*5-6H,1-2H3;;;;;;;;/q4*+1;;;;;;;;;;;;;;;;;;;;/p-20/b;;;;;;;;8*4-3-;;;;;;;;. The number of rotatable bonds is 16. The summed E-state index contributed by atoms with van der Waals surface area (Å²) < 4.78 is 39.9. The van der Waals surface area contributed by atoms with Crippen molar-refractivity contribution in [3.63, 3.8) is 0 Å². The van der Waals surface area contributed by atoms with Crippen LogP contribution in [0.3, 0.4) is 0 Å². The Kier molecular flexibility index (Phi) is 182. The van der Waals surface area contributed by atoms with E-state index < -0.39 is 0 Å². The summed E-state index contributed by atoms with van der Waals surface area (Å²) in [6, 6.07) is 40.3. The zero-order chi connectivity index (χ0) is 99.0. The van der Waals surface area contributed by atoms with Crippen LogP contribution in [0.4, 0.5) is 0 Å². The maximum absolute atomic E-state index is 7.50. The molecule has 0 atom stereocenters. The third-order valence-corrected chi connectivity index (χ3v) is 25.9. The minimum atomic E-state index is 0. The average Bonchev–Trinajstić information content (AvgIpc) is 0.926. The van der Waals surface area contributed by atoms with Crippen LogP contribution in [0.5, 0.6) is 0 Å². The van der Waals surface area contributed by atoms with E-state index in [1.54, 1.807) is 0 Å². The largest absolute Gasteiger partial charge is 0 e. The maximum Gasteiger partial charge on any atom is 0 e. The summed E-state index contributed by atoms with van der Waals surface area (Å²) in [6.07, 6.45) is 0. The van der Waals surface area contributed by atoms with E-state index in [1.807, 2.05) is 232 Å². The zero-order valence-corrected chi connectivity index (χ0v) is 112. The van der Waals surface area contributed by atoms with E-state index in [4.69, 9.17) is 18.6 Å². The molecule has 0 fully saturated rings. The van der Waals surface area contributed by atoms with Gasteiger partial charge in [0, 0.05) is 84.3 Å². The van der Waals surface area contributed by atoms with E-state index in [-0.39, 0.29) is 84.3 Å². The first-order valence-corrected chi connectivity index (χ1v) is 48.9. The van der Waals surface area contributed by atoms with Crippen molar-refractivity contribution in [2.24, 2.45) is 0 Å². The van der Waals surface area contributed by atoms with Crippen LogP contribution in [0.1, 0.15) is 222 Å². The van der Waals surface area contributed by atoms with Crippen LogP contribution >= 0.6 is 0 Å². The van der Waals surface area contributed by atoms with Gasteiger partial charge in [0.2, 0.25) is 0 Å². The van der Waals surface area contributed by atoms with Crippen LogP contribution in [-0.2, 0) is 305 Å². The summed E-state index contributed by atoms with van der Waals surface area (Å²) in [7, 11) is 0. The Labute approximate surface area is 944 Å². The van der Waals surface area contributed by atoms with E-state index in [0.29, 0.717) is 0 Å². The molecule has 0 spiro atoms. The van der Waals surface area contributed by atoms with Gasteiger partial charge in [-0.25, -0.2) is 78.5 Å². The Hall–Kier alpha value is 1.95. The van der Waals surface area contributed by atoms with Crippen LogP contribution in [0, 0.1) is 26.6 Å². The summed E-state index contributed by atoms with van der Waals surface area (Å²) in [5.41, 5.74) is 0. The molecule has 0 aromatic heterocycles. The van der Waals surface area contributed by atoms with E-state index in [2.05, 4.69) is 403 Å². The quantitative estimate of drug-likeness (QED) is 0.0351. The smallest absolute Gasteiger partial charge is 0 e. The fourth-order valence-electron chi connectivity index (χ4n) is 7.05. The SMILES string of the molecule is C/C([S-])=C(\C)[S-].C/C([S-])=C(\C)[S-].C/C([S-])=C(\C)[S-].C/C([S-])=C(\C)[S-].C/C([S-])=C(\C)[S-].C/C([S-])=C(\C)[S-].C/C([S-])=C(\C)[S-].C/C([S-])=C(\C)[S-].CC[N+](CC)(CC)CC.CC[N+](CC)(CC)CC.CC[N+](CC)(CC)CC.CC[N+](CC)(CC)CC.[C-]#[O+].[C-]#[O+].[C-]#[O+].[C-]#[O+].[Se-]c1ccccc1.[Se-]c1ccccc1.[Se-]c1ccccc1.[Se-]c1ccccc1.[W].[W].[W].[W]. The Balaban J connectivity index is -0.0000000514. The van der Waals surface area contributed by atoms with Crippen molar-refractivity contribution in [2.45, 2.75) is 222 Å². The van der Waals surface area contributed by atoms with Gasteiger partial charge in [0.25, 0.3) is 0 Å². The molecule has 0 N–H and O–H groups in total. The number of quaternary nitrogens is 4. The van der Waals surface area contributed by atoms with Crippen LogP contribution in [0.15, 0.2) is 200 Å². The fraction of sp³-hybridized carbons (Fsp3) is 0.522. The molecule has 0 saturated heterocycles. The molecule has 32 heteroatoms. The number of nitrogens with zero attached hydrogens (tertiary/aromatic N) is 4. The van der Waals surface area contributed by atoms with Crippen molar-refractivity contribution in [1.82, 2.24) is 0 Å². The van der Waals surface area contributed by atoms with Gasteiger partial charge in [-0.3, -0.25) is 0 Å². The molecule has 4 aromatic rings. The molecule has 0 amide bonds. The molecule has 720 valence electrons. The summed E-state index contributed by atoms with van der Waals surface area (Å²) in [5, 5.41) is 0. The van der Waals surface area contributed by atoms with Gasteiger partial charge in [0.1, 0.15) is 0 Å². The van der Waals surface area contributed by atoms with Crippen molar-refractivity contribution in [2.75, 3.05) is 105 Å². The first-order valence-electron chi connectivity index (χ1n) is 38.9. The van der Waals surface area contributed by atoms with Crippen molar-refractivity contribution in [3.8, 4) is 0 Å². The topological polar surface area (TPSA) is 79.6 Å². The van der Waals surface area contributed by atoms with Gasteiger partial charge >= 0.3 is 248 Å². The average molecular weight is 2940 g/mol. The minimum Gasteiger partial charge on any atom is 0 e. The molecule has 0 unspecified atom stereocenters. The van der Waals surface area contributed by atoms with Gasteiger partial charge in [0.05, 0.1) is 105 Å². The van der Waals surface area contributed by atoms with E-state index >= 15 is 0 Å². The zero-order valence-electron chi connectivity index (χ0n) is 80.1. The number of hydrogen-bond donors (Lipinski definition) is 0. The second-order valence-electron chi connectivity index (χ2n) is 24.6. The van der Waals surface area contributed by atoms with Gasteiger partial charge in [-0.2, -0.15) is 0 Å². The summed E-state index contributed by atoms with van der Waals surface area (Å²) in [5.74, 6) is 0. The van der Waals surface area contributed by atoms with Crippen LogP contribution < -0.4 is 17.8 Å². The molecule has 4 aromatic carbocycles. The van der Waals surface area contributed by atoms with E-state index in [0.717, 1.165) is 78.5 Å². The molecule has 0 heterocycles. The van der Waals surface area contributed by atoms with Crippen LogP contribution in [0.25, 0.3) is 0 Å². The summed E-state index contributed by atoms with van der Waals surface area (Å²) >= 11 is 86.5. The van der Waals surface area contributed by atoms with Gasteiger partial charge in [-0.05, 0) is 111 Å². The third-order valence-electron chi connectivity index (χ3n) is 17.7. The van der Waals surface area contributed by atoms with E-state index in [1.165, 1.54) is 140 Å². The number of allylic oxidation sites excluding steroid dienone is 16. The molecular formula is C92H148N4O4S16Se4W4-16. The molecule has 124 heavy (non-hydrogen) atoms. The van der Waals surface area contributed by atoms with Gasteiger partial charge in [0.15, 0.2) is 0 Å². The molecule has 0 aliphatic heterocycles. The van der Waals surface area contributed by atoms with Gasteiger partial charge in [-0.1, -0.05) is 111 Å². The normalized spacial score (nSPS) is 10.8. The predicted octanol–water partition coefficient (Wildman–Crippen LogP) is 19.9. The van der Waals surface area contributed by atoms with Crippen molar-refractivity contribution in [1.29, 1.82) is 0 Å². The molecular weight excluding hydrogens is 2790 g/mol. The predicted molar refractivity (Wildman–Crippen MR) is 578 cm³/mol. The summed E-state index contributed by atoms with van der Waals surface area (Å²) in [6.45, 7) is 104. The molecule has 8 nitrogen and oxygen atoms in total. The Morgan fingerprint density at radius 2 is 0.234 bits per heavy atom. The Morgan fingerprint density at radius 3 is 0.250 bits per heavy atom. The molecule has 0 saturated carbocycles. The van der Waals surface area contributed by atoms with Crippen LogP contribution in [-0.4, -0.2) is 187 Å². The van der Waals surface area contributed by atoms with Crippen molar-refractivity contribution < 1.29 is 121 Å². The minimum absolute atomic E-state index is 0. The Morgan fingerprint density at radius 1 is 0.177 bits per heavy atom. The number of benzene rings is 4. The first kappa shape index (κ1) is 175. The monoisotopic (exact) mass is 2940 g/mol. The summed E-state index contributed by atoms with van der Waals surface area (Å²) in [4.78, 5) is 13.2. The number of hydrogen-bond acceptors (Lipinski definition) is 16. The maximum atomic E-state index is 7.50. The van der Waals surface area contributed by atoms with Gasteiger partial charge in [-0.15, -0.1) is 0 Å². The molecule has 0 bridgehead atoms. The molecule has 0 radical (unpaired) electrons. The second-order valence-corrected chi connectivity index (χ2v) is 38.3. The molecule has 0 aliphatic rings. The fourth-order valence-corrected chi connectivity index (χ4v) is 8.37. The molecule has 4 rings (SSSR count). The Bertz CT molecular complexity index is 2540. The second kappa shape index (κ2) is 129. The van der Waals surface area contributed by atoms with Crippen molar-refractivity contribution in [3.05, 3.63) is 226 Å². The third kappa shape index (κ3) is 144. The van der Waals surface area contributed by atoms with Crippen LogP contribution in [0.2, 0.25) is 0 Å². The molecule has 0 aliphatic carbocycles. The first-order chi connectivity index (χ1) is 55.7. The van der Waals surface area contributed by atoms with Crippen molar-refractivity contribution >= 4 is 284 Å². The van der Waals surface area contributed by atoms with Gasteiger partial charge < -0.3 is 220 Å². The van der Waals surface area contributed by atoms with E-state index in [9.17, 15) is 0 Å².